The number of halogens is 6. The van der Waals surface area contributed by atoms with Crippen LogP contribution < -0.4 is 0 Å². The summed E-state index contributed by atoms with van der Waals surface area (Å²) in [4.78, 5) is 28.5. The second-order valence-electron chi connectivity index (χ2n) is 18.3. The first-order valence-electron chi connectivity index (χ1n) is 25.4. The summed E-state index contributed by atoms with van der Waals surface area (Å²) in [5.74, 6) is 0.0886. The Hall–Kier alpha value is -8.23. The first-order valence-corrected chi connectivity index (χ1v) is 26.2. The molecule has 4 aromatic carbocycles. The van der Waals surface area contributed by atoms with Crippen molar-refractivity contribution in [2.75, 3.05) is 0 Å². The zero-order chi connectivity index (χ0) is 59.6. The Bertz CT molecular complexity index is 2860. The minimum atomic E-state index is -4.18. The predicted molar refractivity (Wildman–Crippen MR) is 317 cm³/mol. The lowest BCUT2D eigenvalue weighted by atomic mass is 10.1. The summed E-state index contributed by atoms with van der Waals surface area (Å²) in [6, 6.07) is 45.1. The van der Waals surface area contributed by atoms with E-state index in [2.05, 4.69) is 117 Å². The van der Waals surface area contributed by atoms with Gasteiger partial charge in [-0.15, -0.1) is 11.3 Å². The van der Waals surface area contributed by atoms with E-state index in [0.29, 0.717) is 4.88 Å². The number of aromatic nitrogens is 7. The van der Waals surface area contributed by atoms with Gasteiger partial charge >= 0.3 is 6.18 Å². The largest absolute Gasteiger partial charge is 0.417 e. The highest BCUT2D eigenvalue weighted by Crippen LogP contribution is 2.32. The second-order valence-corrected chi connectivity index (χ2v) is 19.5. The lowest BCUT2D eigenvalue weighted by molar-refractivity contribution is -0.137. The number of pyridine rings is 3. The molecule has 0 fully saturated rings. The van der Waals surface area contributed by atoms with Gasteiger partial charge in [0.15, 0.2) is 0 Å². The summed E-state index contributed by atoms with van der Waals surface area (Å²) in [6.45, 7) is 27.4. The standard InChI is InChI=1S/C11H10N2.2C8H10.C7H8FN.C7H7F.C7H9N.C6H5F3S.C6H6FN.C6H8N2/c1-9-12-8-7-11(13-9)10-5-3-2-4-6-10;2*1-7-3-5-8(2)6-4-7;1-5-3-7(8)4-9-6(5)2;1-6-2-4-7(8)5-3-6;1-6-3-4-7(2)8-5-6;1-4-2-5(3-10-4)6(7,8)9;1-5-2-3-6(7)4-8-5;1-5-3-7-4-8-6(5)2/h2-8H,1H3;2*3-6H,1-2H3;3-4H,1-2H3;2-5H,1H3;3-5H,1-2H3;2-3H,1H3;2-4H,1H3;3-4H,1-2H3. The van der Waals surface area contributed by atoms with E-state index in [1.807, 2.05) is 117 Å². The van der Waals surface area contributed by atoms with Crippen molar-refractivity contribution in [1.29, 1.82) is 0 Å². The van der Waals surface area contributed by atoms with Gasteiger partial charge in [-0.1, -0.05) is 125 Å². The lowest BCUT2D eigenvalue weighted by Gasteiger charge is -2.00. The zero-order valence-corrected chi connectivity index (χ0v) is 49.0. The molecule has 0 bridgehead atoms. The van der Waals surface area contributed by atoms with Crippen molar-refractivity contribution in [3.05, 3.63) is 289 Å². The first-order chi connectivity index (χ1) is 37.8. The summed E-state index contributed by atoms with van der Waals surface area (Å²) >= 11 is 1.11. The van der Waals surface area contributed by atoms with Crippen LogP contribution >= 0.6 is 11.3 Å². The molecule has 0 amide bonds. The molecule has 0 saturated carbocycles. The molecular weight excluding hydrogens is 1040 g/mol. The van der Waals surface area contributed by atoms with Crippen LogP contribution in [0.15, 0.2) is 188 Å². The molecule has 0 spiro atoms. The number of hydrogen-bond acceptors (Lipinski definition) is 8. The molecule has 14 heteroatoms. The van der Waals surface area contributed by atoms with Gasteiger partial charge in [0, 0.05) is 57.2 Å². The molecule has 6 aromatic heterocycles. The van der Waals surface area contributed by atoms with E-state index in [9.17, 15) is 26.3 Å². The van der Waals surface area contributed by atoms with Crippen LogP contribution in [0.2, 0.25) is 0 Å². The fourth-order valence-corrected chi connectivity index (χ4v) is 6.40. The van der Waals surface area contributed by atoms with Crippen molar-refractivity contribution in [1.82, 2.24) is 34.9 Å². The van der Waals surface area contributed by atoms with Gasteiger partial charge in [0.25, 0.3) is 0 Å². The van der Waals surface area contributed by atoms with Gasteiger partial charge in [0.05, 0.1) is 23.7 Å². The van der Waals surface area contributed by atoms with Crippen molar-refractivity contribution in [3.63, 3.8) is 0 Å². The van der Waals surface area contributed by atoms with E-state index in [0.717, 1.165) is 79.3 Å². The summed E-state index contributed by atoms with van der Waals surface area (Å²) in [5, 5.41) is 1.12. The van der Waals surface area contributed by atoms with Crippen molar-refractivity contribution >= 4 is 11.3 Å². The number of aryl methyl sites for hydroxylation is 14. The molecule has 0 N–H and O–H groups in total. The Balaban J connectivity index is 0.000000309. The minimum Gasteiger partial charge on any atom is -0.261 e. The average Bonchev–Trinajstić information content (AvgIpc) is 3.89. The highest BCUT2D eigenvalue weighted by molar-refractivity contribution is 7.10. The second kappa shape index (κ2) is 36.8. The van der Waals surface area contributed by atoms with Crippen molar-refractivity contribution in [2.24, 2.45) is 0 Å². The zero-order valence-electron chi connectivity index (χ0n) is 48.2. The van der Waals surface area contributed by atoms with Crippen LogP contribution in [0.1, 0.15) is 83.5 Å². The first kappa shape index (κ1) is 67.9. The highest BCUT2D eigenvalue weighted by atomic mass is 32.1. The predicted octanol–water partition coefficient (Wildman–Crippen LogP) is 18.4. The van der Waals surface area contributed by atoms with E-state index in [4.69, 9.17) is 0 Å². The van der Waals surface area contributed by atoms with Crippen molar-refractivity contribution in [3.8, 4) is 11.3 Å². The summed E-state index contributed by atoms with van der Waals surface area (Å²) < 4.78 is 71.8. The lowest BCUT2D eigenvalue weighted by Crippen LogP contribution is -2.01. The SMILES string of the molecule is Cc1cc(C(F)(F)F)cs1.Cc1cc(F)cnc1C.Cc1ccc(C)cc1.Cc1ccc(C)cc1.Cc1ccc(C)nc1.Cc1ccc(F)cc1.Cc1ccc(F)cn1.Cc1cncnc1C.Cc1nccc(-c2ccccc2)n1. The molecule has 80 heavy (non-hydrogen) atoms. The molecule has 420 valence electrons. The molecular formula is C66H73F6N7S. The topological polar surface area (TPSA) is 90.2 Å². The van der Waals surface area contributed by atoms with Crippen molar-refractivity contribution < 1.29 is 26.3 Å². The Morgan fingerprint density at radius 1 is 0.400 bits per heavy atom. The number of rotatable bonds is 1. The van der Waals surface area contributed by atoms with E-state index in [-0.39, 0.29) is 17.5 Å². The third-order valence-corrected chi connectivity index (χ3v) is 11.6. The van der Waals surface area contributed by atoms with Crippen LogP contribution in [0, 0.1) is 114 Å². The summed E-state index contributed by atoms with van der Waals surface area (Å²) in [6.07, 6.45) is 5.27. The third kappa shape index (κ3) is 31.2. The van der Waals surface area contributed by atoms with Crippen LogP contribution in [0.3, 0.4) is 0 Å². The molecule has 0 unspecified atom stereocenters. The molecule has 0 aliphatic rings. The monoisotopic (exact) mass is 1110 g/mol. The minimum absolute atomic E-state index is 0.171. The van der Waals surface area contributed by atoms with Gasteiger partial charge < -0.3 is 0 Å². The number of nitrogens with zero attached hydrogens (tertiary/aromatic N) is 7. The van der Waals surface area contributed by atoms with E-state index in [1.165, 1.54) is 64.5 Å². The van der Waals surface area contributed by atoms with Gasteiger partial charge in [0.2, 0.25) is 0 Å². The van der Waals surface area contributed by atoms with Gasteiger partial charge in [0.1, 0.15) is 29.6 Å². The van der Waals surface area contributed by atoms with E-state index >= 15 is 0 Å². The Morgan fingerprint density at radius 3 is 1.20 bits per heavy atom. The normalized spacial score (nSPS) is 9.75. The molecule has 0 aliphatic carbocycles. The number of alkyl halides is 3. The van der Waals surface area contributed by atoms with Crippen LogP contribution in [-0.4, -0.2) is 34.9 Å². The fourth-order valence-electron chi connectivity index (χ4n) is 5.69. The van der Waals surface area contributed by atoms with Gasteiger partial charge in [-0.05, 0) is 162 Å². The Kier molecular flexibility index (Phi) is 31.2. The summed E-state index contributed by atoms with van der Waals surface area (Å²) in [5.41, 5.74) is 15.1. The van der Waals surface area contributed by atoms with Gasteiger partial charge in [-0.3, -0.25) is 15.0 Å². The number of thiophene rings is 1. The Labute approximate surface area is 474 Å². The van der Waals surface area contributed by atoms with Crippen LogP contribution in [-0.2, 0) is 6.18 Å². The summed E-state index contributed by atoms with van der Waals surface area (Å²) in [7, 11) is 0. The maximum Gasteiger partial charge on any atom is 0.417 e. The number of hydrogen-bond donors (Lipinski definition) is 0. The molecule has 10 aromatic rings. The van der Waals surface area contributed by atoms with E-state index < -0.39 is 11.7 Å². The quantitative estimate of drug-likeness (QED) is 0.151. The van der Waals surface area contributed by atoms with Crippen LogP contribution in [0.4, 0.5) is 26.3 Å². The van der Waals surface area contributed by atoms with Gasteiger partial charge in [-0.2, -0.15) is 13.2 Å². The maximum absolute atomic E-state index is 12.3. The maximum atomic E-state index is 12.3. The van der Waals surface area contributed by atoms with Gasteiger partial charge in [-0.25, -0.2) is 33.1 Å². The highest BCUT2D eigenvalue weighted by Gasteiger charge is 2.31. The fraction of sp³-hybridized carbons (Fsp3) is 0.227. The molecule has 0 atom stereocenters. The average molecular weight is 1110 g/mol. The van der Waals surface area contributed by atoms with E-state index in [1.54, 1.807) is 37.6 Å². The van der Waals surface area contributed by atoms with Crippen LogP contribution in [0.25, 0.3) is 11.3 Å². The Morgan fingerprint density at radius 2 is 0.863 bits per heavy atom. The molecule has 10 rings (SSSR count). The molecule has 0 saturated heterocycles. The smallest absolute Gasteiger partial charge is 0.261 e. The third-order valence-electron chi connectivity index (χ3n) is 10.7. The number of benzene rings is 4. The molecule has 0 radical (unpaired) electrons. The van der Waals surface area contributed by atoms with Crippen LogP contribution in [0.5, 0.6) is 0 Å². The van der Waals surface area contributed by atoms with Crippen molar-refractivity contribution in [2.45, 2.75) is 103 Å². The molecule has 6 heterocycles. The molecule has 0 aliphatic heterocycles. The molecule has 7 nitrogen and oxygen atoms in total.